The van der Waals surface area contributed by atoms with Gasteiger partial charge >= 0.3 is 5.97 Å². The molecule has 74 valence electrons. The van der Waals surface area contributed by atoms with E-state index in [2.05, 4.69) is 14.7 Å². The molecule has 0 aromatic carbocycles. The SMILES string of the molecule is COC(=O)C=CSc1ncc(C)cn1. The summed E-state index contributed by atoms with van der Waals surface area (Å²) < 4.78 is 4.43. The van der Waals surface area contributed by atoms with Crippen molar-refractivity contribution in [2.75, 3.05) is 7.11 Å². The summed E-state index contributed by atoms with van der Waals surface area (Å²) in [4.78, 5) is 18.8. The van der Waals surface area contributed by atoms with Crippen LogP contribution in [0.25, 0.3) is 0 Å². The van der Waals surface area contributed by atoms with Crippen LogP contribution in [-0.4, -0.2) is 23.0 Å². The Morgan fingerprint density at radius 2 is 2.14 bits per heavy atom. The van der Waals surface area contributed by atoms with Crippen LogP contribution in [0.3, 0.4) is 0 Å². The molecule has 0 saturated carbocycles. The number of methoxy groups -OCH3 is 1. The van der Waals surface area contributed by atoms with Crippen LogP contribution in [0.4, 0.5) is 0 Å². The molecule has 0 aliphatic carbocycles. The predicted molar refractivity (Wildman–Crippen MR) is 53.8 cm³/mol. The van der Waals surface area contributed by atoms with E-state index in [1.807, 2.05) is 6.92 Å². The van der Waals surface area contributed by atoms with Crippen LogP contribution in [0.1, 0.15) is 5.56 Å². The van der Waals surface area contributed by atoms with Crippen molar-refractivity contribution in [3.8, 4) is 0 Å². The van der Waals surface area contributed by atoms with Crippen LogP contribution in [0, 0.1) is 6.92 Å². The number of carbonyl (C=O) groups is 1. The summed E-state index contributed by atoms with van der Waals surface area (Å²) in [5.74, 6) is -0.385. The number of hydrogen-bond acceptors (Lipinski definition) is 5. The number of carbonyl (C=O) groups excluding carboxylic acids is 1. The van der Waals surface area contributed by atoms with Crippen LogP contribution in [0.15, 0.2) is 29.0 Å². The topological polar surface area (TPSA) is 52.1 Å². The van der Waals surface area contributed by atoms with E-state index in [1.54, 1.807) is 17.8 Å². The summed E-state index contributed by atoms with van der Waals surface area (Å²) in [6, 6.07) is 0. The highest BCUT2D eigenvalue weighted by Gasteiger charge is 1.94. The largest absolute Gasteiger partial charge is 0.466 e. The predicted octanol–water partition coefficient (Wildman–Crippen LogP) is 1.56. The third-order valence-electron chi connectivity index (χ3n) is 1.34. The van der Waals surface area contributed by atoms with E-state index in [0.29, 0.717) is 5.16 Å². The highest BCUT2D eigenvalue weighted by molar-refractivity contribution is 8.02. The summed E-state index contributed by atoms with van der Waals surface area (Å²) in [6.45, 7) is 1.92. The van der Waals surface area contributed by atoms with Gasteiger partial charge in [0.1, 0.15) is 0 Å². The second kappa shape index (κ2) is 5.39. The molecule has 0 atom stereocenters. The third-order valence-corrected chi connectivity index (χ3v) is 2.03. The van der Waals surface area contributed by atoms with E-state index >= 15 is 0 Å². The fourth-order valence-electron chi connectivity index (χ4n) is 0.660. The van der Waals surface area contributed by atoms with Gasteiger partial charge in [-0.2, -0.15) is 0 Å². The third kappa shape index (κ3) is 3.57. The molecule has 0 spiro atoms. The minimum atomic E-state index is -0.385. The molecule has 0 aliphatic heterocycles. The summed E-state index contributed by atoms with van der Waals surface area (Å²) in [6.07, 6.45) is 4.77. The lowest BCUT2D eigenvalue weighted by molar-refractivity contribution is -0.134. The van der Waals surface area contributed by atoms with Crippen molar-refractivity contribution in [2.24, 2.45) is 0 Å². The first-order valence-electron chi connectivity index (χ1n) is 3.92. The highest BCUT2D eigenvalue weighted by Crippen LogP contribution is 2.12. The van der Waals surface area contributed by atoms with Gasteiger partial charge in [-0.1, -0.05) is 11.8 Å². The minimum Gasteiger partial charge on any atom is -0.466 e. The number of esters is 1. The van der Waals surface area contributed by atoms with E-state index in [1.165, 1.54) is 24.9 Å². The maximum atomic E-state index is 10.7. The normalized spacial score (nSPS) is 10.4. The monoisotopic (exact) mass is 210 g/mol. The number of hydrogen-bond donors (Lipinski definition) is 0. The molecule has 1 heterocycles. The Bertz CT molecular complexity index is 335. The molecule has 0 amide bonds. The van der Waals surface area contributed by atoms with Crippen molar-refractivity contribution in [1.82, 2.24) is 9.97 Å². The van der Waals surface area contributed by atoms with Gasteiger partial charge in [-0.15, -0.1) is 0 Å². The number of ether oxygens (including phenoxy) is 1. The molecule has 14 heavy (non-hydrogen) atoms. The average Bonchev–Trinajstić information content (AvgIpc) is 2.21. The molecule has 0 fully saturated rings. The van der Waals surface area contributed by atoms with Crippen molar-refractivity contribution >= 4 is 17.7 Å². The van der Waals surface area contributed by atoms with Gasteiger partial charge in [-0.3, -0.25) is 0 Å². The first-order valence-corrected chi connectivity index (χ1v) is 4.80. The van der Waals surface area contributed by atoms with Crippen molar-refractivity contribution in [1.29, 1.82) is 0 Å². The molecular weight excluding hydrogens is 200 g/mol. The maximum Gasteiger partial charge on any atom is 0.330 e. The fourth-order valence-corrected chi connectivity index (χ4v) is 1.19. The molecule has 0 N–H and O–H groups in total. The van der Waals surface area contributed by atoms with Gasteiger partial charge in [-0.25, -0.2) is 14.8 Å². The lowest BCUT2D eigenvalue weighted by Gasteiger charge is -1.94. The highest BCUT2D eigenvalue weighted by atomic mass is 32.2. The Morgan fingerprint density at radius 3 is 2.71 bits per heavy atom. The lowest BCUT2D eigenvalue weighted by Crippen LogP contribution is -1.92. The first-order chi connectivity index (χ1) is 6.72. The molecule has 1 aromatic rings. The Labute approximate surface area is 86.4 Å². The molecule has 0 bridgehead atoms. The molecule has 5 heteroatoms. The van der Waals surface area contributed by atoms with Crippen molar-refractivity contribution in [3.05, 3.63) is 29.4 Å². The molecule has 0 radical (unpaired) electrons. The Hall–Kier alpha value is -1.36. The van der Waals surface area contributed by atoms with E-state index in [4.69, 9.17) is 0 Å². The number of aryl methyl sites for hydroxylation is 1. The number of thioether (sulfide) groups is 1. The van der Waals surface area contributed by atoms with Gasteiger partial charge in [0.15, 0.2) is 5.16 Å². The van der Waals surface area contributed by atoms with Gasteiger partial charge in [0.25, 0.3) is 0 Å². The number of rotatable bonds is 3. The second-order valence-corrected chi connectivity index (χ2v) is 3.36. The number of aromatic nitrogens is 2. The van der Waals surface area contributed by atoms with Crippen molar-refractivity contribution in [3.63, 3.8) is 0 Å². The van der Waals surface area contributed by atoms with E-state index in [-0.39, 0.29) is 5.97 Å². The maximum absolute atomic E-state index is 10.7. The van der Waals surface area contributed by atoms with E-state index in [0.717, 1.165) is 5.56 Å². The molecule has 1 aromatic heterocycles. The molecule has 0 saturated heterocycles. The summed E-state index contributed by atoms with van der Waals surface area (Å²) in [5, 5.41) is 2.20. The summed E-state index contributed by atoms with van der Waals surface area (Å²) >= 11 is 1.27. The standard InChI is InChI=1S/C9H10N2O2S/c1-7-5-10-9(11-6-7)14-4-3-8(12)13-2/h3-6H,1-2H3. The molecular formula is C9H10N2O2S. The van der Waals surface area contributed by atoms with Gasteiger partial charge in [0, 0.05) is 18.5 Å². The Balaban J connectivity index is 2.49. The van der Waals surface area contributed by atoms with E-state index < -0.39 is 0 Å². The molecule has 1 rings (SSSR count). The van der Waals surface area contributed by atoms with Crippen LogP contribution in [-0.2, 0) is 9.53 Å². The summed E-state index contributed by atoms with van der Waals surface area (Å²) in [5.41, 5.74) is 1.01. The molecule has 0 unspecified atom stereocenters. The zero-order valence-corrected chi connectivity index (χ0v) is 8.75. The Morgan fingerprint density at radius 1 is 1.50 bits per heavy atom. The fraction of sp³-hybridized carbons (Fsp3) is 0.222. The van der Waals surface area contributed by atoms with Gasteiger partial charge in [0.2, 0.25) is 0 Å². The second-order valence-electron chi connectivity index (χ2n) is 2.49. The number of nitrogens with zero attached hydrogens (tertiary/aromatic N) is 2. The average molecular weight is 210 g/mol. The van der Waals surface area contributed by atoms with E-state index in [9.17, 15) is 4.79 Å². The molecule has 4 nitrogen and oxygen atoms in total. The van der Waals surface area contributed by atoms with Gasteiger partial charge < -0.3 is 4.74 Å². The van der Waals surface area contributed by atoms with Gasteiger partial charge in [0.05, 0.1) is 7.11 Å². The van der Waals surface area contributed by atoms with Crippen molar-refractivity contribution in [2.45, 2.75) is 12.1 Å². The van der Waals surface area contributed by atoms with Crippen LogP contribution >= 0.6 is 11.8 Å². The van der Waals surface area contributed by atoms with Crippen molar-refractivity contribution < 1.29 is 9.53 Å². The zero-order valence-electron chi connectivity index (χ0n) is 7.93. The minimum absolute atomic E-state index is 0.385. The Kier molecular flexibility index (Phi) is 4.12. The first kappa shape index (κ1) is 10.7. The lowest BCUT2D eigenvalue weighted by atomic mass is 10.4. The van der Waals surface area contributed by atoms with Gasteiger partial charge in [-0.05, 0) is 17.9 Å². The van der Waals surface area contributed by atoms with Crippen LogP contribution < -0.4 is 0 Å². The van der Waals surface area contributed by atoms with Crippen LogP contribution in [0.5, 0.6) is 0 Å². The summed E-state index contributed by atoms with van der Waals surface area (Å²) in [7, 11) is 1.33. The smallest absolute Gasteiger partial charge is 0.330 e. The zero-order chi connectivity index (χ0) is 10.4. The van der Waals surface area contributed by atoms with Crippen LogP contribution in [0.2, 0.25) is 0 Å². The quantitative estimate of drug-likeness (QED) is 0.328. The molecule has 0 aliphatic rings.